The lowest BCUT2D eigenvalue weighted by molar-refractivity contribution is -0.146. The molecule has 0 radical (unpaired) electrons. The Morgan fingerprint density at radius 3 is 2.64 bits per heavy atom. The van der Waals surface area contributed by atoms with Crippen molar-refractivity contribution in [3.8, 4) is 0 Å². The maximum Gasteiger partial charge on any atom is 0.321 e. The minimum Gasteiger partial charge on any atom is -0.481 e. The van der Waals surface area contributed by atoms with Gasteiger partial charge in [-0.3, -0.25) is 4.79 Å². The summed E-state index contributed by atoms with van der Waals surface area (Å²) in [5, 5.41) is 12.2. The summed E-state index contributed by atoms with van der Waals surface area (Å²) in [4.78, 5) is 25.2. The van der Waals surface area contributed by atoms with E-state index in [1.54, 1.807) is 11.8 Å². The summed E-state index contributed by atoms with van der Waals surface area (Å²) >= 11 is 3.51. The van der Waals surface area contributed by atoms with E-state index < -0.39 is 11.4 Å². The van der Waals surface area contributed by atoms with Crippen molar-refractivity contribution in [2.45, 2.75) is 32.6 Å². The zero-order valence-corrected chi connectivity index (χ0v) is 14.1. The molecule has 1 aromatic carbocycles. The maximum absolute atomic E-state index is 12.4. The van der Waals surface area contributed by atoms with Gasteiger partial charge in [0.05, 0.1) is 11.1 Å². The van der Waals surface area contributed by atoms with Gasteiger partial charge in [-0.2, -0.15) is 0 Å². The number of carbonyl (C=O) groups excluding carboxylic acids is 1. The van der Waals surface area contributed by atoms with E-state index in [1.807, 2.05) is 6.07 Å². The Bertz CT molecular complexity index is 647. The molecule has 5 nitrogen and oxygen atoms in total. The Hall–Kier alpha value is -1.56. The largest absolute Gasteiger partial charge is 0.481 e. The first-order valence-corrected chi connectivity index (χ1v) is 8.29. The number of carbonyl (C=O) groups is 2. The lowest BCUT2D eigenvalue weighted by Gasteiger charge is -2.21. The maximum atomic E-state index is 12.4. The number of rotatable bonds is 2. The van der Waals surface area contributed by atoms with Gasteiger partial charge in [0.2, 0.25) is 0 Å². The fourth-order valence-electron chi connectivity index (χ4n) is 3.19. The van der Waals surface area contributed by atoms with E-state index in [4.69, 9.17) is 0 Å². The number of likely N-dealkylation sites (tertiary alicyclic amines) is 1. The zero-order chi connectivity index (χ0) is 15.9. The Kier molecular flexibility index (Phi) is 3.89. The monoisotopic (exact) mass is 366 g/mol. The lowest BCUT2D eigenvalue weighted by atomic mass is 9.90. The van der Waals surface area contributed by atoms with Gasteiger partial charge in [0.25, 0.3) is 0 Å². The van der Waals surface area contributed by atoms with Crippen molar-refractivity contribution in [1.82, 2.24) is 4.90 Å². The molecule has 0 bridgehead atoms. The first-order valence-electron chi connectivity index (χ1n) is 7.50. The molecule has 1 aliphatic heterocycles. The van der Waals surface area contributed by atoms with Crippen LogP contribution in [0, 0.1) is 5.41 Å². The zero-order valence-electron chi connectivity index (χ0n) is 12.5. The summed E-state index contributed by atoms with van der Waals surface area (Å²) in [5.74, 6) is -0.846. The highest BCUT2D eigenvalue weighted by molar-refractivity contribution is 9.10. The summed E-state index contributed by atoms with van der Waals surface area (Å²) in [5.41, 5.74) is 2.54. The summed E-state index contributed by atoms with van der Waals surface area (Å²) < 4.78 is 0.877. The first-order chi connectivity index (χ1) is 10.4. The Morgan fingerprint density at radius 2 is 2.00 bits per heavy atom. The van der Waals surface area contributed by atoms with Crippen molar-refractivity contribution in [3.63, 3.8) is 0 Å². The van der Waals surface area contributed by atoms with E-state index in [0.717, 1.165) is 29.4 Å². The van der Waals surface area contributed by atoms with Crippen LogP contribution in [0.4, 0.5) is 10.5 Å². The second kappa shape index (κ2) is 5.57. The fraction of sp³-hybridized carbons (Fsp3) is 0.500. The summed E-state index contributed by atoms with van der Waals surface area (Å²) in [6.07, 6.45) is 3.78. The fourth-order valence-corrected chi connectivity index (χ4v) is 3.68. The standard InChI is InChI=1S/C16H19BrN2O3/c1-16(14(20)21)5-6-19(9-16)15(22)18-13-8-11-4-2-3-10(11)7-12(13)17/h7-8H,2-6,9H2,1H3,(H,18,22)(H,20,21). The van der Waals surface area contributed by atoms with Gasteiger partial charge in [0, 0.05) is 17.6 Å². The van der Waals surface area contributed by atoms with E-state index >= 15 is 0 Å². The van der Waals surface area contributed by atoms with Crippen LogP contribution in [0.15, 0.2) is 16.6 Å². The van der Waals surface area contributed by atoms with Crippen molar-refractivity contribution in [3.05, 3.63) is 27.7 Å². The minimum absolute atomic E-state index is 0.233. The average Bonchev–Trinajstić information content (AvgIpc) is 3.06. The van der Waals surface area contributed by atoms with Gasteiger partial charge in [-0.05, 0) is 71.8 Å². The van der Waals surface area contributed by atoms with Gasteiger partial charge in [-0.25, -0.2) is 4.79 Å². The third kappa shape index (κ3) is 2.72. The molecule has 1 heterocycles. The molecular formula is C16H19BrN2O3. The molecule has 118 valence electrons. The molecule has 1 saturated heterocycles. The third-order valence-corrected chi connectivity index (χ3v) is 5.36. The van der Waals surface area contributed by atoms with Gasteiger partial charge in [0.1, 0.15) is 0 Å². The molecule has 22 heavy (non-hydrogen) atoms. The number of carboxylic acids is 1. The quantitative estimate of drug-likeness (QED) is 0.843. The highest BCUT2D eigenvalue weighted by Gasteiger charge is 2.42. The number of amides is 2. The highest BCUT2D eigenvalue weighted by atomic mass is 79.9. The molecule has 2 N–H and O–H groups in total. The number of halogens is 1. The van der Waals surface area contributed by atoms with Crippen LogP contribution in [0.3, 0.4) is 0 Å². The van der Waals surface area contributed by atoms with Gasteiger partial charge < -0.3 is 15.3 Å². The molecule has 2 amide bonds. The number of aliphatic carboxylic acids is 1. The number of hydrogen-bond donors (Lipinski definition) is 2. The van der Waals surface area contributed by atoms with Crippen LogP contribution in [0.1, 0.15) is 30.9 Å². The number of aryl methyl sites for hydroxylation is 2. The van der Waals surface area contributed by atoms with Gasteiger partial charge in [0.15, 0.2) is 0 Å². The van der Waals surface area contributed by atoms with Crippen LogP contribution >= 0.6 is 15.9 Å². The molecular weight excluding hydrogens is 348 g/mol. The average molecular weight is 367 g/mol. The van der Waals surface area contributed by atoms with E-state index in [9.17, 15) is 14.7 Å². The highest BCUT2D eigenvalue weighted by Crippen LogP contribution is 2.33. The molecule has 0 aromatic heterocycles. The Labute approximate surface area is 137 Å². The summed E-state index contributed by atoms with van der Waals surface area (Å²) in [7, 11) is 0. The number of fused-ring (bicyclic) bond motifs is 1. The molecule has 0 saturated carbocycles. The first kappa shape index (κ1) is 15.3. The van der Waals surface area contributed by atoms with Crippen LogP contribution in [-0.2, 0) is 17.6 Å². The Balaban J connectivity index is 1.72. The third-order valence-electron chi connectivity index (χ3n) is 4.70. The molecule has 3 rings (SSSR count). The molecule has 1 unspecified atom stereocenters. The van der Waals surface area contributed by atoms with E-state index in [-0.39, 0.29) is 12.6 Å². The molecule has 1 atom stereocenters. The smallest absolute Gasteiger partial charge is 0.321 e. The second-order valence-corrected chi connectivity index (χ2v) is 7.28. The van der Waals surface area contributed by atoms with E-state index in [2.05, 4.69) is 27.3 Å². The molecule has 6 heteroatoms. The van der Waals surface area contributed by atoms with Gasteiger partial charge in [-0.1, -0.05) is 0 Å². The summed E-state index contributed by atoms with van der Waals surface area (Å²) in [6.45, 7) is 2.40. The molecule has 0 spiro atoms. The normalized spacial score (nSPS) is 23.5. The summed E-state index contributed by atoms with van der Waals surface area (Å²) in [6, 6.07) is 3.86. The van der Waals surface area contributed by atoms with Crippen molar-refractivity contribution >= 4 is 33.6 Å². The number of anilines is 1. The van der Waals surface area contributed by atoms with Gasteiger partial charge in [-0.15, -0.1) is 0 Å². The van der Waals surface area contributed by atoms with E-state index in [0.29, 0.717) is 13.0 Å². The van der Waals surface area contributed by atoms with Crippen LogP contribution < -0.4 is 5.32 Å². The number of nitrogens with zero attached hydrogens (tertiary/aromatic N) is 1. The van der Waals surface area contributed by atoms with Gasteiger partial charge >= 0.3 is 12.0 Å². The predicted octanol–water partition coefficient (Wildman–Crippen LogP) is 3.27. The number of urea groups is 1. The number of benzene rings is 1. The molecule has 2 aliphatic rings. The van der Waals surface area contributed by atoms with E-state index in [1.165, 1.54) is 11.1 Å². The SMILES string of the molecule is CC1(C(=O)O)CCN(C(=O)Nc2cc3c(cc2Br)CCC3)C1. The number of nitrogens with one attached hydrogen (secondary N) is 1. The lowest BCUT2D eigenvalue weighted by Crippen LogP contribution is -2.37. The van der Waals surface area contributed by atoms with Crippen LogP contribution in [0.5, 0.6) is 0 Å². The van der Waals surface area contributed by atoms with Crippen LogP contribution in [0.2, 0.25) is 0 Å². The van der Waals surface area contributed by atoms with Crippen LogP contribution in [-0.4, -0.2) is 35.1 Å². The van der Waals surface area contributed by atoms with Crippen LogP contribution in [0.25, 0.3) is 0 Å². The van der Waals surface area contributed by atoms with Crippen molar-refractivity contribution in [2.75, 3.05) is 18.4 Å². The van der Waals surface area contributed by atoms with Crippen molar-refractivity contribution in [2.24, 2.45) is 5.41 Å². The van der Waals surface area contributed by atoms with Crippen molar-refractivity contribution in [1.29, 1.82) is 0 Å². The second-order valence-electron chi connectivity index (χ2n) is 6.42. The Morgan fingerprint density at radius 1 is 1.32 bits per heavy atom. The predicted molar refractivity (Wildman–Crippen MR) is 87.1 cm³/mol. The molecule has 1 fully saturated rings. The number of hydrogen-bond acceptors (Lipinski definition) is 2. The van der Waals surface area contributed by atoms with Crippen molar-refractivity contribution < 1.29 is 14.7 Å². The molecule has 1 aromatic rings. The molecule has 1 aliphatic carbocycles. The number of carboxylic acid groups (broad SMARTS) is 1. The minimum atomic E-state index is -0.846. The topological polar surface area (TPSA) is 69.6 Å².